The number of nitrogens with zero attached hydrogens (tertiary/aromatic N) is 4. The topological polar surface area (TPSA) is 72.4 Å². The molecule has 2 saturated heterocycles. The third-order valence-electron chi connectivity index (χ3n) is 6.28. The van der Waals surface area contributed by atoms with E-state index in [4.69, 9.17) is 4.74 Å². The Kier molecular flexibility index (Phi) is 8.97. The van der Waals surface area contributed by atoms with Gasteiger partial charge in [0, 0.05) is 59.8 Å². The number of benzene rings is 1. The van der Waals surface area contributed by atoms with Gasteiger partial charge in [0.25, 0.3) is 0 Å². The number of rotatable bonds is 8. The van der Waals surface area contributed by atoms with Gasteiger partial charge >= 0.3 is 0 Å². The summed E-state index contributed by atoms with van der Waals surface area (Å²) in [6, 6.07) is 8.67. The summed E-state index contributed by atoms with van der Waals surface area (Å²) in [5, 5.41) is 6.97. The fourth-order valence-corrected chi connectivity index (χ4v) is 4.39. The molecule has 0 radical (unpaired) electrons. The number of hydrogen-bond acceptors (Lipinski definition) is 5. The summed E-state index contributed by atoms with van der Waals surface area (Å²) >= 11 is 0. The molecule has 2 N–H and O–H groups in total. The zero-order valence-corrected chi connectivity index (χ0v) is 19.3. The van der Waals surface area contributed by atoms with Crippen LogP contribution in [0.1, 0.15) is 31.4 Å². The van der Waals surface area contributed by atoms with Gasteiger partial charge in [0.1, 0.15) is 5.75 Å². The highest BCUT2D eigenvalue weighted by Gasteiger charge is 2.24. The van der Waals surface area contributed by atoms with Crippen LogP contribution >= 0.6 is 0 Å². The zero-order chi connectivity index (χ0) is 22.1. The molecule has 8 heteroatoms. The molecule has 1 unspecified atom stereocenters. The Labute approximate surface area is 186 Å². The van der Waals surface area contributed by atoms with Gasteiger partial charge in [-0.3, -0.25) is 19.6 Å². The van der Waals surface area contributed by atoms with Crippen LogP contribution in [0.2, 0.25) is 0 Å². The maximum Gasteiger partial charge on any atom is 0.219 e. The number of aliphatic imine (C=N–C) groups is 1. The van der Waals surface area contributed by atoms with E-state index in [2.05, 4.69) is 43.6 Å². The largest absolute Gasteiger partial charge is 0.497 e. The van der Waals surface area contributed by atoms with Crippen molar-refractivity contribution >= 4 is 11.9 Å². The van der Waals surface area contributed by atoms with E-state index in [1.165, 1.54) is 18.4 Å². The first-order valence-corrected chi connectivity index (χ1v) is 11.4. The molecule has 2 heterocycles. The van der Waals surface area contributed by atoms with E-state index in [9.17, 15) is 4.79 Å². The van der Waals surface area contributed by atoms with Crippen LogP contribution in [0.3, 0.4) is 0 Å². The molecule has 8 nitrogen and oxygen atoms in total. The monoisotopic (exact) mass is 430 g/mol. The van der Waals surface area contributed by atoms with Gasteiger partial charge in [-0.05, 0) is 43.6 Å². The molecule has 0 aliphatic carbocycles. The van der Waals surface area contributed by atoms with Gasteiger partial charge in [-0.25, -0.2) is 0 Å². The number of ether oxygens (including phenoxy) is 1. The molecule has 1 aromatic rings. The van der Waals surface area contributed by atoms with Gasteiger partial charge in [0.2, 0.25) is 5.91 Å². The number of piperazine rings is 1. The predicted octanol–water partition coefficient (Wildman–Crippen LogP) is 1.16. The molecule has 0 bridgehead atoms. The van der Waals surface area contributed by atoms with Crippen molar-refractivity contribution in [1.82, 2.24) is 25.3 Å². The fourth-order valence-electron chi connectivity index (χ4n) is 4.39. The van der Waals surface area contributed by atoms with Crippen LogP contribution in [0.5, 0.6) is 5.75 Å². The summed E-state index contributed by atoms with van der Waals surface area (Å²) in [6.45, 7) is 9.97. The first-order valence-electron chi connectivity index (χ1n) is 11.4. The highest BCUT2D eigenvalue weighted by atomic mass is 16.5. The van der Waals surface area contributed by atoms with Crippen LogP contribution in [-0.4, -0.2) is 99.6 Å². The van der Waals surface area contributed by atoms with Gasteiger partial charge in [-0.15, -0.1) is 0 Å². The molecule has 0 aromatic heterocycles. The Hall–Kier alpha value is -2.32. The van der Waals surface area contributed by atoms with Gasteiger partial charge in [-0.1, -0.05) is 12.1 Å². The number of amides is 1. The number of methoxy groups -OCH3 is 1. The SMILES string of the molecule is CN=C(NCCN1CCN(C(C)=O)CC1)NCC(c1cccc(OC)c1)N1CCCC1. The minimum Gasteiger partial charge on any atom is -0.497 e. The van der Waals surface area contributed by atoms with Crippen LogP contribution in [0.25, 0.3) is 0 Å². The maximum absolute atomic E-state index is 11.5. The maximum atomic E-state index is 11.5. The first kappa shape index (κ1) is 23.3. The predicted molar refractivity (Wildman–Crippen MR) is 125 cm³/mol. The van der Waals surface area contributed by atoms with Crippen LogP contribution < -0.4 is 15.4 Å². The number of nitrogens with one attached hydrogen (secondary N) is 2. The Bertz CT molecular complexity index is 727. The van der Waals surface area contributed by atoms with Crippen molar-refractivity contribution in [2.24, 2.45) is 4.99 Å². The molecule has 0 saturated carbocycles. The highest BCUT2D eigenvalue weighted by molar-refractivity contribution is 5.79. The molecule has 0 spiro atoms. The van der Waals surface area contributed by atoms with Crippen molar-refractivity contribution in [3.05, 3.63) is 29.8 Å². The third kappa shape index (κ3) is 6.83. The minimum atomic E-state index is 0.172. The summed E-state index contributed by atoms with van der Waals surface area (Å²) < 4.78 is 5.44. The van der Waals surface area contributed by atoms with Crippen LogP contribution in [0.15, 0.2) is 29.3 Å². The summed E-state index contributed by atoms with van der Waals surface area (Å²) in [7, 11) is 3.53. The highest BCUT2D eigenvalue weighted by Crippen LogP contribution is 2.27. The number of carbonyl (C=O) groups excluding carboxylic acids is 1. The third-order valence-corrected chi connectivity index (χ3v) is 6.28. The van der Waals surface area contributed by atoms with Gasteiger partial charge in [0.05, 0.1) is 13.2 Å². The Balaban J connectivity index is 1.48. The van der Waals surface area contributed by atoms with E-state index in [0.717, 1.165) is 70.6 Å². The quantitative estimate of drug-likeness (QED) is 0.476. The summed E-state index contributed by atoms with van der Waals surface area (Å²) in [6.07, 6.45) is 2.51. The number of hydrogen-bond donors (Lipinski definition) is 2. The van der Waals surface area contributed by atoms with Gasteiger partial charge < -0.3 is 20.3 Å². The van der Waals surface area contributed by atoms with Crippen LogP contribution in [-0.2, 0) is 4.79 Å². The fraction of sp³-hybridized carbons (Fsp3) is 0.652. The Morgan fingerprint density at radius 3 is 2.52 bits per heavy atom. The second kappa shape index (κ2) is 11.9. The molecule has 1 atom stereocenters. The van der Waals surface area contributed by atoms with E-state index in [1.807, 2.05) is 18.0 Å². The van der Waals surface area contributed by atoms with Gasteiger partial charge in [0.15, 0.2) is 5.96 Å². The van der Waals surface area contributed by atoms with E-state index in [-0.39, 0.29) is 11.9 Å². The lowest BCUT2D eigenvalue weighted by Crippen LogP contribution is -2.50. The molecule has 172 valence electrons. The summed E-state index contributed by atoms with van der Waals surface area (Å²) in [5.74, 6) is 1.90. The van der Waals surface area contributed by atoms with Crippen LogP contribution in [0.4, 0.5) is 0 Å². The van der Waals surface area contributed by atoms with E-state index in [0.29, 0.717) is 0 Å². The lowest BCUT2D eigenvalue weighted by atomic mass is 10.1. The van der Waals surface area contributed by atoms with Crippen molar-refractivity contribution < 1.29 is 9.53 Å². The van der Waals surface area contributed by atoms with Crippen molar-refractivity contribution in [2.45, 2.75) is 25.8 Å². The first-order chi connectivity index (χ1) is 15.1. The smallest absolute Gasteiger partial charge is 0.219 e. The molecule has 2 fully saturated rings. The number of likely N-dealkylation sites (tertiary alicyclic amines) is 1. The molecule has 1 aromatic carbocycles. The van der Waals surface area contributed by atoms with E-state index < -0.39 is 0 Å². The lowest BCUT2D eigenvalue weighted by Gasteiger charge is -2.34. The van der Waals surface area contributed by atoms with Crippen molar-refractivity contribution in [1.29, 1.82) is 0 Å². The van der Waals surface area contributed by atoms with E-state index in [1.54, 1.807) is 14.0 Å². The number of carbonyl (C=O) groups is 1. The zero-order valence-electron chi connectivity index (χ0n) is 19.3. The van der Waals surface area contributed by atoms with Crippen molar-refractivity contribution in [3.63, 3.8) is 0 Å². The van der Waals surface area contributed by atoms with Crippen molar-refractivity contribution in [2.75, 3.05) is 73.1 Å². The molecular weight excluding hydrogens is 392 g/mol. The Morgan fingerprint density at radius 2 is 1.87 bits per heavy atom. The lowest BCUT2D eigenvalue weighted by molar-refractivity contribution is -0.130. The van der Waals surface area contributed by atoms with Crippen molar-refractivity contribution in [3.8, 4) is 5.75 Å². The number of guanidine groups is 1. The molecule has 3 rings (SSSR count). The molecule has 31 heavy (non-hydrogen) atoms. The summed E-state index contributed by atoms with van der Waals surface area (Å²) in [5.41, 5.74) is 1.27. The Morgan fingerprint density at radius 1 is 1.13 bits per heavy atom. The average molecular weight is 431 g/mol. The van der Waals surface area contributed by atoms with E-state index >= 15 is 0 Å². The van der Waals surface area contributed by atoms with Crippen LogP contribution in [0, 0.1) is 0 Å². The molecule has 1 amide bonds. The van der Waals surface area contributed by atoms with Gasteiger partial charge in [-0.2, -0.15) is 0 Å². The summed E-state index contributed by atoms with van der Waals surface area (Å²) in [4.78, 5) is 22.7. The average Bonchev–Trinajstić information content (AvgIpc) is 3.33. The standard InChI is InChI=1S/C23H38N6O2/c1-19(30)28-15-13-27(14-16-28)12-9-25-23(24-2)26-18-22(29-10-4-5-11-29)20-7-6-8-21(17-20)31-3/h6-8,17,22H,4-5,9-16,18H2,1-3H3,(H2,24,25,26). The second-order valence-electron chi connectivity index (χ2n) is 8.26. The molecule has 2 aliphatic heterocycles. The second-order valence-corrected chi connectivity index (χ2v) is 8.26. The molecular formula is C23H38N6O2. The normalized spacial score (nSPS) is 19.3. The molecule has 2 aliphatic rings. The minimum absolute atomic E-state index is 0.172.